The van der Waals surface area contributed by atoms with Crippen LogP contribution in [0.4, 0.5) is 0 Å². The maximum Gasteiger partial charge on any atom is 0.242 e. The zero-order valence-electron chi connectivity index (χ0n) is 12.4. The Morgan fingerprint density at radius 1 is 1.19 bits per heavy atom. The molecule has 1 N–H and O–H groups in total. The first-order valence-electron chi connectivity index (χ1n) is 6.90. The Hall–Kier alpha value is -1.53. The van der Waals surface area contributed by atoms with Gasteiger partial charge in [0.2, 0.25) is 5.89 Å². The predicted octanol–water partition coefficient (Wildman–Crippen LogP) is 2.70. The van der Waals surface area contributed by atoms with Crippen molar-refractivity contribution in [2.45, 2.75) is 44.3 Å². The van der Waals surface area contributed by atoms with Crippen molar-refractivity contribution < 1.29 is 13.8 Å². The van der Waals surface area contributed by atoms with Gasteiger partial charge in [-0.2, -0.15) is 4.98 Å². The summed E-state index contributed by atoms with van der Waals surface area (Å²) < 4.78 is 17.6. The van der Waals surface area contributed by atoms with Crippen LogP contribution in [0.1, 0.15) is 54.8 Å². The van der Waals surface area contributed by atoms with Crippen molar-refractivity contribution in [2.75, 3.05) is 0 Å². The number of hydrogen-bond acceptors (Lipinski definition) is 5. The molecule has 114 valence electrons. The molecule has 0 amide bonds. The van der Waals surface area contributed by atoms with E-state index in [0.29, 0.717) is 17.5 Å². The second-order valence-electron chi connectivity index (χ2n) is 5.29. The molecule has 2 atom stereocenters. The minimum Gasteiger partial charge on any atom is -0.392 e. The fraction of sp³-hybridized carbons (Fsp3) is 0.467. The quantitative estimate of drug-likeness (QED) is 0.888. The molecule has 0 radical (unpaired) electrons. The maximum absolute atomic E-state index is 12.4. The van der Waals surface area contributed by atoms with E-state index in [1.54, 1.807) is 0 Å². The molecule has 0 bridgehead atoms. The number of aromatic nitrogens is 2. The molecular formula is C15H20N2O3S. The summed E-state index contributed by atoms with van der Waals surface area (Å²) in [7, 11) is -1.13. The van der Waals surface area contributed by atoms with E-state index in [9.17, 15) is 4.21 Å². The van der Waals surface area contributed by atoms with Crippen LogP contribution in [0.5, 0.6) is 0 Å². The third-order valence-electron chi connectivity index (χ3n) is 3.23. The van der Waals surface area contributed by atoms with Crippen molar-refractivity contribution in [2.24, 2.45) is 0 Å². The van der Waals surface area contributed by atoms with Gasteiger partial charge in [0.15, 0.2) is 5.82 Å². The molecule has 2 rings (SSSR count). The first-order chi connectivity index (χ1) is 10.0. The Morgan fingerprint density at radius 2 is 1.81 bits per heavy atom. The minimum absolute atomic E-state index is 0.0136. The Morgan fingerprint density at radius 3 is 2.33 bits per heavy atom. The molecule has 0 fully saturated rings. The number of aliphatic hydroxyl groups excluding tert-OH is 1. The van der Waals surface area contributed by atoms with Gasteiger partial charge < -0.3 is 9.63 Å². The first-order valence-corrected chi connectivity index (χ1v) is 8.28. The first kappa shape index (κ1) is 15.9. The molecular weight excluding hydrogens is 288 g/mol. The fourth-order valence-corrected chi connectivity index (χ4v) is 2.88. The van der Waals surface area contributed by atoms with Crippen LogP contribution in [-0.4, -0.2) is 19.5 Å². The van der Waals surface area contributed by atoms with Gasteiger partial charge in [0.1, 0.15) is 5.25 Å². The lowest BCUT2D eigenvalue weighted by atomic mass is 10.2. The second-order valence-corrected chi connectivity index (χ2v) is 7.04. The third kappa shape index (κ3) is 3.98. The molecule has 0 aliphatic carbocycles. The van der Waals surface area contributed by atoms with E-state index in [1.165, 1.54) is 0 Å². The smallest absolute Gasteiger partial charge is 0.242 e. The van der Waals surface area contributed by atoms with E-state index >= 15 is 0 Å². The minimum atomic E-state index is -1.13. The highest BCUT2D eigenvalue weighted by Crippen LogP contribution is 2.22. The van der Waals surface area contributed by atoms with Gasteiger partial charge in [0.05, 0.1) is 6.61 Å². The summed E-state index contributed by atoms with van der Waals surface area (Å²) in [5, 5.41) is 12.6. The Labute approximate surface area is 126 Å². The lowest BCUT2D eigenvalue weighted by Gasteiger charge is -2.07. The fourth-order valence-electron chi connectivity index (χ4n) is 1.79. The monoisotopic (exact) mass is 308 g/mol. The molecule has 0 spiro atoms. The van der Waals surface area contributed by atoms with Crippen molar-refractivity contribution in [3.63, 3.8) is 0 Å². The molecule has 1 aromatic carbocycles. The third-order valence-corrected chi connectivity index (χ3v) is 4.84. The molecule has 1 aromatic heterocycles. The van der Waals surface area contributed by atoms with Gasteiger partial charge in [-0.1, -0.05) is 43.3 Å². The molecule has 0 aliphatic rings. The van der Waals surface area contributed by atoms with Crippen LogP contribution < -0.4 is 0 Å². The van der Waals surface area contributed by atoms with Crippen molar-refractivity contribution in [3.8, 4) is 0 Å². The summed E-state index contributed by atoms with van der Waals surface area (Å²) in [6, 6.07) is 7.43. The van der Waals surface area contributed by atoms with Gasteiger partial charge in [-0.3, -0.25) is 4.21 Å². The van der Waals surface area contributed by atoms with Gasteiger partial charge in [0, 0.05) is 22.5 Å². The normalized spacial score (nSPS) is 14.3. The summed E-state index contributed by atoms with van der Waals surface area (Å²) in [6.07, 6.45) is 0. The topological polar surface area (TPSA) is 76.2 Å². The van der Waals surface area contributed by atoms with Crippen LogP contribution in [0.3, 0.4) is 0 Å². The molecule has 0 saturated carbocycles. The van der Waals surface area contributed by atoms with E-state index in [2.05, 4.69) is 10.1 Å². The number of hydrogen-bond donors (Lipinski definition) is 1. The Bertz CT molecular complexity index is 608. The largest absolute Gasteiger partial charge is 0.392 e. The number of aliphatic hydroxyl groups is 1. The standard InChI is InChI=1S/C15H20N2O3S/c1-10(2)14-16-15(20-17-14)11(3)21(19)9-13-6-4-12(8-18)5-7-13/h4-7,10-11,18H,8-9H2,1-3H3. The summed E-state index contributed by atoms with van der Waals surface area (Å²) in [4.78, 5) is 4.30. The number of rotatable bonds is 6. The highest BCUT2D eigenvalue weighted by Gasteiger charge is 2.21. The van der Waals surface area contributed by atoms with E-state index in [1.807, 2.05) is 45.0 Å². The zero-order valence-corrected chi connectivity index (χ0v) is 13.3. The van der Waals surface area contributed by atoms with Crippen molar-refractivity contribution >= 4 is 10.8 Å². The summed E-state index contributed by atoms with van der Waals surface area (Å²) in [6.45, 7) is 5.81. The average Bonchev–Trinajstić information content (AvgIpc) is 2.97. The number of benzene rings is 1. The van der Waals surface area contributed by atoms with Crippen LogP contribution in [-0.2, 0) is 23.2 Å². The van der Waals surface area contributed by atoms with Crippen LogP contribution >= 0.6 is 0 Å². The van der Waals surface area contributed by atoms with Crippen molar-refractivity contribution in [3.05, 3.63) is 47.1 Å². The molecule has 2 unspecified atom stereocenters. The highest BCUT2D eigenvalue weighted by atomic mass is 32.2. The van der Waals surface area contributed by atoms with Gasteiger partial charge in [-0.05, 0) is 18.1 Å². The lowest BCUT2D eigenvalue weighted by Crippen LogP contribution is -2.06. The number of nitrogens with zero attached hydrogens (tertiary/aromatic N) is 2. The molecule has 5 nitrogen and oxygen atoms in total. The van der Waals surface area contributed by atoms with Gasteiger partial charge in [-0.25, -0.2) is 0 Å². The molecule has 2 aromatic rings. The molecule has 0 saturated heterocycles. The Kier molecular flexibility index (Phi) is 5.25. The molecule has 1 heterocycles. The predicted molar refractivity (Wildman–Crippen MR) is 81.0 cm³/mol. The van der Waals surface area contributed by atoms with Crippen LogP contribution in [0.25, 0.3) is 0 Å². The molecule has 6 heteroatoms. The van der Waals surface area contributed by atoms with E-state index < -0.39 is 10.8 Å². The van der Waals surface area contributed by atoms with Gasteiger partial charge in [-0.15, -0.1) is 0 Å². The van der Waals surface area contributed by atoms with E-state index in [0.717, 1.165) is 11.1 Å². The van der Waals surface area contributed by atoms with E-state index in [4.69, 9.17) is 9.63 Å². The van der Waals surface area contributed by atoms with Crippen LogP contribution in [0, 0.1) is 0 Å². The van der Waals surface area contributed by atoms with Crippen molar-refractivity contribution in [1.82, 2.24) is 10.1 Å². The van der Waals surface area contributed by atoms with Gasteiger partial charge >= 0.3 is 0 Å². The zero-order chi connectivity index (χ0) is 15.4. The molecule has 21 heavy (non-hydrogen) atoms. The van der Waals surface area contributed by atoms with Crippen LogP contribution in [0.15, 0.2) is 28.8 Å². The van der Waals surface area contributed by atoms with Crippen molar-refractivity contribution in [1.29, 1.82) is 0 Å². The highest BCUT2D eigenvalue weighted by molar-refractivity contribution is 7.84. The Balaban J connectivity index is 2.04. The van der Waals surface area contributed by atoms with Gasteiger partial charge in [0.25, 0.3) is 0 Å². The van der Waals surface area contributed by atoms with E-state index in [-0.39, 0.29) is 17.8 Å². The maximum atomic E-state index is 12.4. The average molecular weight is 308 g/mol. The summed E-state index contributed by atoms with van der Waals surface area (Å²) >= 11 is 0. The second kappa shape index (κ2) is 6.95. The molecule has 0 aliphatic heterocycles. The summed E-state index contributed by atoms with van der Waals surface area (Å²) in [5.41, 5.74) is 1.80. The summed E-state index contributed by atoms with van der Waals surface area (Å²) in [5.74, 6) is 1.67. The van der Waals surface area contributed by atoms with Crippen LogP contribution in [0.2, 0.25) is 0 Å². The SMILES string of the molecule is CC(C)c1noc(C(C)S(=O)Cc2ccc(CO)cc2)n1. The lowest BCUT2D eigenvalue weighted by molar-refractivity contribution is 0.282.